The second kappa shape index (κ2) is 5.44. The number of nitrogens with one attached hydrogen (secondary N) is 1. The standard InChI is InChI=1S/C19H21N5O/c1-12-11-24-8-2-3-15(18(24)20-12)19(25)23-9-6-14-16(7-10-23)21-22-17(14)13-4-5-13/h2-3,8,11,13H,4-7,9-10H2,1H3,(H,21,22). The number of amides is 1. The monoisotopic (exact) mass is 335 g/mol. The predicted octanol–water partition coefficient (Wildman–Crippen LogP) is 2.48. The van der Waals surface area contributed by atoms with Gasteiger partial charge in [0.15, 0.2) is 0 Å². The average molecular weight is 335 g/mol. The van der Waals surface area contributed by atoms with Crippen molar-refractivity contribution in [1.29, 1.82) is 0 Å². The smallest absolute Gasteiger partial charge is 0.257 e. The minimum Gasteiger partial charge on any atom is -0.338 e. The number of H-pyrrole nitrogens is 1. The van der Waals surface area contributed by atoms with Crippen molar-refractivity contribution in [3.8, 4) is 0 Å². The van der Waals surface area contributed by atoms with Gasteiger partial charge in [-0.15, -0.1) is 0 Å². The molecule has 0 spiro atoms. The predicted molar refractivity (Wildman–Crippen MR) is 93.8 cm³/mol. The van der Waals surface area contributed by atoms with E-state index in [0.717, 1.165) is 37.3 Å². The van der Waals surface area contributed by atoms with Gasteiger partial charge in [0, 0.05) is 43.5 Å². The Morgan fingerprint density at radius 1 is 1.28 bits per heavy atom. The summed E-state index contributed by atoms with van der Waals surface area (Å²) >= 11 is 0. The Kier molecular flexibility index (Phi) is 3.20. The van der Waals surface area contributed by atoms with Crippen LogP contribution in [0.3, 0.4) is 0 Å². The first-order valence-corrected chi connectivity index (χ1v) is 9.00. The van der Waals surface area contributed by atoms with Gasteiger partial charge in [0.05, 0.1) is 17.0 Å². The van der Waals surface area contributed by atoms with Crippen molar-refractivity contribution in [2.75, 3.05) is 13.1 Å². The number of carbonyl (C=O) groups excluding carboxylic acids is 1. The second-order valence-corrected chi connectivity index (χ2v) is 7.17. The van der Waals surface area contributed by atoms with Gasteiger partial charge in [0.25, 0.3) is 5.91 Å². The number of nitrogens with zero attached hydrogens (tertiary/aromatic N) is 4. The molecule has 0 saturated heterocycles. The fourth-order valence-electron chi connectivity index (χ4n) is 3.88. The van der Waals surface area contributed by atoms with E-state index in [1.165, 1.54) is 29.8 Å². The van der Waals surface area contributed by atoms with E-state index in [4.69, 9.17) is 0 Å². The molecule has 0 aromatic carbocycles. The summed E-state index contributed by atoms with van der Waals surface area (Å²) in [6, 6.07) is 3.79. The summed E-state index contributed by atoms with van der Waals surface area (Å²) in [4.78, 5) is 19.6. The molecule has 0 unspecified atom stereocenters. The summed E-state index contributed by atoms with van der Waals surface area (Å²) in [6.07, 6.45) is 8.12. The number of aryl methyl sites for hydroxylation is 1. The van der Waals surface area contributed by atoms with Crippen LogP contribution in [0, 0.1) is 6.92 Å². The normalized spacial score (nSPS) is 17.6. The fourth-order valence-corrected chi connectivity index (χ4v) is 3.88. The van der Waals surface area contributed by atoms with Crippen LogP contribution in [0.25, 0.3) is 5.65 Å². The summed E-state index contributed by atoms with van der Waals surface area (Å²) in [6.45, 7) is 3.41. The Labute approximate surface area is 145 Å². The number of carbonyl (C=O) groups is 1. The molecular formula is C19H21N5O. The van der Waals surface area contributed by atoms with E-state index in [-0.39, 0.29) is 5.91 Å². The Bertz CT molecular complexity index is 966. The van der Waals surface area contributed by atoms with Crippen molar-refractivity contribution in [2.45, 2.75) is 38.5 Å². The van der Waals surface area contributed by atoms with Crippen molar-refractivity contribution in [2.24, 2.45) is 0 Å². The molecule has 6 heteroatoms. The molecule has 6 nitrogen and oxygen atoms in total. The second-order valence-electron chi connectivity index (χ2n) is 7.17. The topological polar surface area (TPSA) is 66.3 Å². The lowest BCUT2D eigenvalue weighted by Gasteiger charge is -2.20. The molecule has 5 rings (SSSR count). The number of hydrogen-bond acceptors (Lipinski definition) is 3. The van der Waals surface area contributed by atoms with Crippen molar-refractivity contribution in [3.05, 3.63) is 52.7 Å². The highest BCUT2D eigenvalue weighted by Crippen LogP contribution is 2.41. The molecular weight excluding hydrogens is 314 g/mol. The van der Waals surface area contributed by atoms with E-state index in [1.54, 1.807) is 0 Å². The highest BCUT2D eigenvalue weighted by atomic mass is 16.2. The lowest BCUT2D eigenvalue weighted by atomic mass is 10.1. The molecule has 0 bridgehead atoms. The van der Waals surface area contributed by atoms with Crippen molar-refractivity contribution >= 4 is 11.6 Å². The van der Waals surface area contributed by atoms with Crippen LogP contribution in [-0.2, 0) is 12.8 Å². The molecule has 0 radical (unpaired) electrons. The van der Waals surface area contributed by atoms with E-state index < -0.39 is 0 Å². The maximum absolute atomic E-state index is 13.1. The van der Waals surface area contributed by atoms with Gasteiger partial charge in [-0.25, -0.2) is 4.98 Å². The van der Waals surface area contributed by atoms with Crippen molar-refractivity contribution < 1.29 is 4.79 Å². The number of aromatic nitrogens is 4. The largest absolute Gasteiger partial charge is 0.338 e. The van der Waals surface area contributed by atoms with Crippen LogP contribution in [0.1, 0.15) is 51.8 Å². The van der Waals surface area contributed by atoms with Crippen LogP contribution in [-0.4, -0.2) is 43.5 Å². The minimum absolute atomic E-state index is 0.0716. The van der Waals surface area contributed by atoms with E-state index in [0.29, 0.717) is 11.5 Å². The molecule has 1 saturated carbocycles. The molecule has 4 heterocycles. The Balaban J connectivity index is 1.43. The summed E-state index contributed by atoms with van der Waals surface area (Å²) in [5, 5.41) is 7.75. The van der Waals surface area contributed by atoms with Gasteiger partial charge >= 0.3 is 0 Å². The first-order valence-electron chi connectivity index (χ1n) is 9.00. The Morgan fingerprint density at radius 2 is 2.12 bits per heavy atom. The highest BCUT2D eigenvalue weighted by Gasteiger charge is 2.32. The number of fused-ring (bicyclic) bond motifs is 2. The van der Waals surface area contributed by atoms with Crippen LogP contribution >= 0.6 is 0 Å². The zero-order chi connectivity index (χ0) is 17.0. The minimum atomic E-state index is 0.0716. The van der Waals surface area contributed by atoms with Gasteiger partial charge in [0.2, 0.25) is 0 Å². The third kappa shape index (κ3) is 2.44. The van der Waals surface area contributed by atoms with Gasteiger partial charge in [-0.05, 0) is 43.9 Å². The molecule has 1 fully saturated rings. The van der Waals surface area contributed by atoms with Crippen LogP contribution in [0.15, 0.2) is 24.5 Å². The van der Waals surface area contributed by atoms with Crippen LogP contribution in [0.5, 0.6) is 0 Å². The third-order valence-electron chi connectivity index (χ3n) is 5.33. The molecule has 3 aromatic heterocycles. The summed E-state index contributed by atoms with van der Waals surface area (Å²) in [7, 11) is 0. The molecule has 3 aromatic rings. The van der Waals surface area contributed by atoms with Crippen molar-refractivity contribution in [3.63, 3.8) is 0 Å². The van der Waals surface area contributed by atoms with E-state index in [9.17, 15) is 4.79 Å². The van der Waals surface area contributed by atoms with Gasteiger partial charge in [0.1, 0.15) is 5.65 Å². The van der Waals surface area contributed by atoms with Crippen molar-refractivity contribution in [1.82, 2.24) is 24.5 Å². The first-order chi connectivity index (χ1) is 12.2. The number of aromatic amines is 1. The number of imidazole rings is 1. The lowest BCUT2D eigenvalue weighted by Crippen LogP contribution is -2.33. The summed E-state index contributed by atoms with van der Waals surface area (Å²) in [5.74, 6) is 0.714. The average Bonchev–Trinajstić information content (AvgIpc) is 3.32. The first kappa shape index (κ1) is 14.7. The molecule has 0 atom stereocenters. The summed E-state index contributed by atoms with van der Waals surface area (Å²) < 4.78 is 1.93. The van der Waals surface area contributed by atoms with E-state index in [1.807, 2.05) is 40.8 Å². The third-order valence-corrected chi connectivity index (χ3v) is 5.33. The Hall–Kier alpha value is -2.63. The molecule has 1 N–H and O–H groups in total. The van der Waals surface area contributed by atoms with E-state index >= 15 is 0 Å². The molecule has 1 aliphatic carbocycles. The quantitative estimate of drug-likeness (QED) is 0.782. The Morgan fingerprint density at radius 3 is 2.96 bits per heavy atom. The van der Waals surface area contributed by atoms with Gasteiger partial charge in [-0.2, -0.15) is 5.10 Å². The highest BCUT2D eigenvalue weighted by molar-refractivity contribution is 5.99. The van der Waals surface area contributed by atoms with Crippen LogP contribution in [0.4, 0.5) is 0 Å². The van der Waals surface area contributed by atoms with Gasteiger partial charge in [-0.1, -0.05) is 0 Å². The lowest BCUT2D eigenvalue weighted by molar-refractivity contribution is 0.0764. The molecule has 128 valence electrons. The summed E-state index contributed by atoms with van der Waals surface area (Å²) in [5.41, 5.74) is 6.16. The molecule has 2 aliphatic rings. The number of hydrogen-bond donors (Lipinski definition) is 1. The number of rotatable bonds is 2. The maximum atomic E-state index is 13.1. The molecule has 25 heavy (non-hydrogen) atoms. The fraction of sp³-hybridized carbons (Fsp3) is 0.421. The zero-order valence-electron chi connectivity index (χ0n) is 14.3. The SMILES string of the molecule is Cc1cn2cccc(C(=O)N3CCc4[nH]nc(C5CC5)c4CC3)c2n1. The van der Waals surface area contributed by atoms with Crippen LogP contribution < -0.4 is 0 Å². The maximum Gasteiger partial charge on any atom is 0.257 e. The zero-order valence-corrected chi connectivity index (χ0v) is 14.3. The van der Waals surface area contributed by atoms with E-state index in [2.05, 4.69) is 15.2 Å². The van der Waals surface area contributed by atoms with Gasteiger partial charge in [-0.3, -0.25) is 9.89 Å². The molecule has 1 amide bonds. The van der Waals surface area contributed by atoms with Gasteiger partial charge < -0.3 is 9.30 Å². The molecule has 1 aliphatic heterocycles. The van der Waals surface area contributed by atoms with Crippen LogP contribution in [0.2, 0.25) is 0 Å². The number of pyridine rings is 1.